The smallest absolute Gasteiger partial charge is 0.371 e. The van der Waals surface area contributed by atoms with Crippen LogP contribution in [0.15, 0.2) is 10.5 Å². The summed E-state index contributed by atoms with van der Waals surface area (Å²) in [4.78, 5) is 10.5. The molecule has 1 aliphatic heterocycles. The first-order chi connectivity index (χ1) is 5.77. The molecule has 0 saturated heterocycles. The summed E-state index contributed by atoms with van der Waals surface area (Å²) in [5, 5.41) is 11.8. The van der Waals surface area contributed by atoms with Crippen LogP contribution >= 0.6 is 12.4 Å². The second kappa shape index (κ2) is 3.81. The van der Waals surface area contributed by atoms with Gasteiger partial charge in [0.1, 0.15) is 5.76 Å². The number of hydrogen-bond donors (Lipinski definition) is 2. The molecule has 0 aromatic carbocycles. The number of halogens is 1. The van der Waals surface area contributed by atoms with E-state index in [1.54, 1.807) is 6.07 Å². The van der Waals surface area contributed by atoms with Gasteiger partial charge in [-0.3, -0.25) is 0 Å². The highest BCUT2D eigenvalue weighted by atomic mass is 35.5. The fourth-order valence-electron chi connectivity index (χ4n) is 1.36. The second-order valence-corrected chi connectivity index (χ2v) is 2.79. The zero-order valence-corrected chi connectivity index (χ0v) is 7.69. The Kier molecular flexibility index (Phi) is 2.95. The molecule has 2 N–H and O–H groups in total. The topological polar surface area (TPSA) is 62.5 Å². The minimum absolute atomic E-state index is 0. The normalized spacial score (nSPS) is 14.5. The zero-order chi connectivity index (χ0) is 8.55. The van der Waals surface area contributed by atoms with Crippen molar-refractivity contribution in [3.8, 4) is 0 Å². The lowest BCUT2D eigenvalue weighted by Gasteiger charge is -2.09. The minimum atomic E-state index is -0.996. The Bertz CT molecular complexity index is 298. The average Bonchev–Trinajstić information content (AvgIpc) is 2.46. The Hall–Kier alpha value is -1.00. The van der Waals surface area contributed by atoms with Crippen molar-refractivity contribution in [2.45, 2.75) is 13.0 Å². The van der Waals surface area contributed by atoms with Gasteiger partial charge in [0.15, 0.2) is 0 Å². The lowest BCUT2D eigenvalue weighted by Crippen LogP contribution is -2.22. The highest BCUT2D eigenvalue weighted by molar-refractivity contribution is 5.85. The van der Waals surface area contributed by atoms with Gasteiger partial charge in [-0.25, -0.2) is 4.79 Å². The molecular weight excluding hydrogens is 194 g/mol. The van der Waals surface area contributed by atoms with E-state index in [2.05, 4.69) is 5.32 Å². The standard InChI is InChI=1S/C8H9NO3.ClH/c10-8(11)7-3-5-4-9-2-1-6(5)12-7;/h3,9H,1-2,4H2,(H,10,11);1H. The van der Waals surface area contributed by atoms with Gasteiger partial charge in [0, 0.05) is 25.1 Å². The summed E-state index contributed by atoms with van der Waals surface area (Å²) in [6.45, 7) is 1.58. The van der Waals surface area contributed by atoms with E-state index in [9.17, 15) is 4.79 Å². The lowest BCUT2D eigenvalue weighted by molar-refractivity contribution is 0.0660. The van der Waals surface area contributed by atoms with Crippen molar-refractivity contribution >= 4 is 18.4 Å². The molecule has 0 saturated carbocycles. The number of nitrogens with one attached hydrogen (secondary N) is 1. The third-order valence-corrected chi connectivity index (χ3v) is 1.95. The zero-order valence-electron chi connectivity index (χ0n) is 6.87. The number of fused-ring (bicyclic) bond motifs is 1. The van der Waals surface area contributed by atoms with Crippen molar-refractivity contribution in [3.05, 3.63) is 23.2 Å². The van der Waals surface area contributed by atoms with Crippen LogP contribution in [0.5, 0.6) is 0 Å². The second-order valence-electron chi connectivity index (χ2n) is 2.79. The number of aromatic carboxylic acids is 1. The summed E-state index contributed by atoms with van der Waals surface area (Å²) in [6.07, 6.45) is 0.780. The van der Waals surface area contributed by atoms with Crippen molar-refractivity contribution in [3.63, 3.8) is 0 Å². The molecule has 72 valence electrons. The maximum atomic E-state index is 10.5. The first-order valence-electron chi connectivity index (χ1n) is 3.83. The number of carboxylic acids is 1. The lowest BCUT2D eigenvalue weighted by atomic mass is 10.1. The van der Waals surface area contributed by atoms with Crippen LogP contribution in [0.1, 0.15) is 21.9 Å². The van der Waals surface area contributed by atoms with Gasteiger partial charge in [0.25, 0.3) is 0 Å². The third-order valence-electron chi connectivity index (χ3n) is 1.95. The molecule has 0 spiro atoms. The number of furan rings is 1. The summed E-state index contributed by atoms with van der Waals surface area (Å²) in [5.41, 5.74) is 0.971. The molecule has 5 heteroatoms. The Morgan fingerprint density at radius 1 is 1.62 bits per heavy atom. The molecule has 1 aromatic heterocycles. The van der Waals surface area contributed by atoms with E-state index in [0.717, 1.165) is 24.3 Å². The first kappa shape index (κ1) is 10.1. The molecule has 0 bridgehead atoms. The predicted octanol–water partition coefficient (Wildman–Crippen LogP) is 1.05. The minimum Gasteiger partial charge on any atom is -0.475 e. The van der Waals surface area contributed by atoms with E-state index in [1.807, 2.05) is 0 Å². The predicted molar refractivity (Wildman–Crippen MR) is 48.3 cm³/mol. The molecule has 2 rings (SSSR count). The van der Waals surface area contributed by atoms with Crippen LogP contribution in [0.2, 0.25) is 0 Å². The van der Waals surface area contributed by atoms with Crippen LogP contribution in [0.25, 0.3) is 0 Å². The van der Waals surface area contributed by atoms with E-state index in [0.29, 0.717) is 6.54 Å². The highest BCUT2D eigenvalue weighted by Gasteiger charge is 2.17. The number of rotatable bonds is 1. The molecule has 4 nitrogen and oxygen atoms in total. The Morgan fingerprint density at radius 2 is 2.38 bits per heavy atom. The van der Waals surface area contributed by atoms with Crippen LogP contribution < -0.4 is 5.32 Å². The average molecular weight is 204 g/mol. The van der Waals surface area contributed by atoms with Gasteiger partial charge in [-0.05, 0) is 6.07 Å². The highest BCUT2D eigenvalue weighted by Crippen LogP contribution is 2.18. The molecule has 1 aromatic rings. The van der Waals surface area contributed by atoms with Crippen LogP contribution in [-0.4, -0.2) is 17.6 Å². The third kappa shape index (κ3) is 1.84. The Morgan fingerprint density at radius 3 is 3.00 bits per heavy atom. The molecule has 0 atom stereocenters. The van der Waals surface area contributed by atoms with Gasteiger partial charge in [-0.15, -0.1) is 12.4 Å². The Balaban J connectivity index is 0.000000845. The fourth-order valence-corrected chi connectivity index (χ4v) is 1.36. The van der Waals surface area contributed by atoms with Crippen molar-refractivity contribution in [2.24, 2.45) is 0 Å². The van der Waals surface area contributed by atoms with Gasteiger partial charge >= 0.3 is 5.97 Å². The molecule has 0 amide bonds. The van der Waals surface area contributed by atoms with Crippen molar-refractivity contribution in [1.82, 2.24) is 5.32 Å². The molecule has 2 heterocycles. The van der Waals surface area contributed by atoms with Gasteiger partial charge in [-0.2, -0.15) is 0 Å². The summed E-state index contributed by atoms with van der Waals surface area (Å²) < 4.78 is 5.13. The van der Waals surface area contributed by atoms with Gasteiger partial charge in [0.2, 0.25) is 5.76 Å². The molecular formula is C8H10ClNO3. The van der Waals surface area contributed by atoms with Gasteiger partial charge in [-0.1, -0.05) is 0 Å². The van der Waals surface area contributed by atoms with Gasteiger partial charge < -0.3 is 14.8 Å². The number of carbonyl (C=O) groups is 1. The van der Waals surface area contributed by atoms with Crippen molar-refractivity contribution in [2.75, 3.05) is 6.54 Å². The van der Waals surface area contributed by atoms with Crippen LogP contribution in [-0.2, 0) is 13.0 Å². The summed E-state index contributed by atoms with van der Waals surface area (Å²) in [5.74, 6) is -0.140. The fraction of sp³-hybridized carbons (Fsp3) is 0.375. The molecule has 0 unspecified atom stereocenters. The number of carboxylic acid groups (broad SMARTS) is 1. The molecule has 0 aliphatic carbocycles. The van der Waals surface area contributed by atoms with E-state index >= 15 is 0 Å². The van der Waals surface area contributed by atoms with Crippen molar-refractivity contribution in [1.29, 1.82) is 0 Å². The van der Waals surface area contributed by atoms with E-state index in [4.69, 9.17) is 9.52 Å². The monoisotopic (exact) mass is 203 g/mol. The largest absolute Gasteiger partial charge is 0.475 e. The number of hydrogen-bond acceptors (Lipinski definition) is 3. The van der Waals surface area contributed by atoms with Crippen molar-refractivity contribution < 1.29 is 14.3 Å². The summed E-state index contributed by atoms with van der Waals surface area (Å²) >= 11 is 0. The summed E-state index contributed by atoms with van der Waals surface area (Å²) in [6, 6.07) is 1.59. The van der Waals surface area contributed by atoms with Crippen LogP contribution in [0, 0.1) is 0 Å². The molecule has 0 fully saturated rings. The SMILES string of the molecule is Cl.O=C(O)c1cc2c(o1)CCNC2. The molecule has 13 heavy (non-hydrogen) atoms. The first-order valence-corrected chi connectivity index (χ1v) is 3.83. The maximum absolute atomic E-state index is 10.5. The molecule has 1 aliphatic rings. The van der Waals surface area contributed by atoms with E-state index < -0.39 is 5.97 Å². The van der Waals surface area contributed by atoms with Crippen LogP contribution in [0.4, 0.5) is 0 Å². The van der Waals surface area contributed by atoms with Crippen LogP contribution in [0.3, 0.4) is 0 Å². The van der Waals surface area contributed by atoms with Gasteiger partial charge in [0.05, 0.1) is 0 Å². The van der Waals surface area contributed by atoms with E-state index in [1.165, 1.54) is 0 Å². The Labute approximate surface area is 81.3 Å². The maximum Gasteiger partial charge on any atom is 0.371 e. The van der Waals surface area contributed by atoms with E-state index in [-0.39, 0.29) is 18.2 Å². The quantitative estimate of drug-likeness (QED) is 0.716. The summed E-state index contributed by atoms with van der Waals surface area (Å²) in [7, 11) is 0. The molecule has 0 radical (unpaired) electrons.